The van der Waals surface area contributed by atoms with E-state index >= 15 is 4.39 Å². The zero-order chi connectivity index (χ0) is 29.9. The molecule has 7 nitrogen and oxygen atoms in total. The van der Waals surface area contributed by atoms with E-state index in [1.165, 1.54) is 16.2 Å². The summed E-state index contributed by atoms with van der Waals surface area (Å²) in [5, 5.41) is 8.41. The van der Waals surface area contributed by atoms with Gasteiger partial charge < -0.3 is 29.6 Å². The summed E-state index contributed by atoms with van der Waals surface area (Å²) in [4.78, 5) is 14.7. The van der Waals surface area contributed by atoms with Gasteiger partial charge in [-0.1, -0.05) is 24.0 Å². The fourth-order valence-electron chi connectivity index (χ4n) is 4.47. The fourth-order valence-corrected chi connectivity index (χ4v) is 7.18. The van der Waals surface area contributed by atoms with E-state index in [4.69, 9.17) is 9.47 Å². The van der Waals surface area contributed by atoms with Crippen molar-refractivity contribution in [2.24, 2.45) is 0 Å². The first-order valence-corrected chi connectivity index (χ1v) is 17.5. The van der Waals surface area contributed by atoms with Gasteiger partial charge >= 0.3 is 6.09 Å². The van der Waals surface area contributed by atoms with Gasteiger partial charge in [0.05, 0.1) is 51.7 Å². The molecule has 3 aromatic rings. The third-order valence-electron chi connectivity index (χ3n) is 6.57. The second kappa shape index (κ2) is 12.6. The summed E-state index contributed by atoms with van der Waals surface area (Å²) in [5.74, 6) is 7.02. The van der Waals surface area contributed by atoms with Crippen molar-refractivity contribution in [3.8, 4) is 17.6 Å². The monoisotopic (exact) mass is 663 g/mol. The number of nitrogens with zero attached hydrogens (tertiary/aromatic N) is 1. The van der Waals surface area contributed by atoms with Crippen LogP contribution in [0.2, 0.25) is 0 Å². The van der Waals surface area contributed by atoms with Crippen LogP contribution < -0.4 is 20.7 Å². The highest BCUT2D eigenvalue weighted by Crippen LogP contribution is 2.40. The lowest BCUT2D eigenvalue weighted by Crippen LogP contribution is -2.51. The van der Waals surface area contributed by atoms with Crippen molar-refractivity contribution >= 4 is 67.3 Å². The van der Waals surface area contributed by atoms with Crippen molar-refractivity contribution in [3.05, 3.63) is 45.7 Å². The van der Waals surface area contributed by atoms with Gasteiger partial charge in [0.1, 0.15) is 24.7 Å². The van der Waals surface area contributed by atoms with E-state index in [1.54, 1.807) is 47.3 Å². The van der Waals surface area contributed by atoms with Crippen LogP contribution in [0.5, 0.6) is 5.75 Å². The zero-order valence-electron chi connectivity index (χ0n) is 24.1. The SMILES string of the molecule is COc1cc(P(C)(C)=O)ccc1NCC#Cc1sc2c(NC3CCN(C(=O)OC(C)(C)C)CC3F)cccc2c1Br. The van der Waals surface area contributed by atoms with Gasteiger partial charge in [-0.15, -0.1) is 11.3 Å². The molecule has 2 unspecified atom stereocenters. The molecule has 11 heteroatoms. The minimum Gasteiger partial charge on any atom is -0.495 e. The Hall–Kier alpha value is -2.73. The first-order chi connectivity index (χ1) is 19.3. The average Bonchev–Trinajstić information content (AvgIpc) is 3.22. The number of fused-ring (bicyclic) bond motifs is 1. The summed E-state index contributed by atoms with van der Waals surface area (Å²) in [6.07, 6.45) is -1.24. The molecule has 2 aromatic carbocycles. The number of ether oxygens (including phenoxy) is 2. The number of hydrogen-bond donors (Lipinski definition) is 2. The number of benzene rings is 2. The van der Waals surface area contributed by atoms with E-state index in [0.29, 0.717) is 25.3 Å². The Morgan fingerprint density at radius 2 is 2.00 bits per heavy atom. The molecule has 0 bridgehead atoms. The minimum atomic E-state index is -2.39. The highest BCUT2D eigenvalue weighted by atomic mass is 79.9. The maximum absolute atomic E-state index is 15.2. The van der Waals surface area contributed by atoms with Crippen LogP contribution in [0.1, 0.15) is 32.1 Å². The van der Waals surface area contributed by atoms with E-state index in [1.807, 2.05) is 30.3 Å². The molecule has 1 aromatic heterocycles. The van der Waals surface area contributed by atoms with Crippen molar-refractivity contribution in [2.75, 3.05) is 50.7 Å². The molecule has 41 heavy (non-hydrogen) atoms. The predicted molar refractivity (Wildman–Crippen MR) is 172 cm³/mol. The maximum atomic E-state index is 15.2. The predicted octanol–water partition coefficient (Wildman–Crippen LogP) is 7.14. The maximum Gasteiger partial charge on any atom is 0.410 e. The van der Waals surface area contributed by atoms with Crippen LogP contribution in [0.25, 0.3) is 10.1 Å². The first kappa shape index (κ1) is 31.2. The molecule has 1 aliphatic heterocycles. The molecule has 1 fully saturated rings. The molecule has 2 atom stereocenters. The van der Waals surface area contributed by atoms with Gasteiger partial charge in [-0.3, -0.25) is 0 Å². The molecule has 2 N–H and O–H groups in total. The van der Waals surface area contributed by atoms with Crippen molar-refractivity contribution in [1.29, 1.82) is 0 Å². The van der Waals surface area contributed by atoms with Gasteiger partial charge in [0.2, 0.25) is 0 Å². The Balaban J connectivity index is 1.44. The number of rotatable bonds is 6. The van der Waals surface area contributed by atoms with Crippen molar-refractivity contribution < 1.29 is 23.2 Å². The van der Waals surface area contributed by atoms with Crippen LogP contribution in [0.15, 0.2) is 40.9 Å². The van der Waals surface area contributed by atoms with Gasteiger partial charge in [0, 0.05) is 17.2 Å². The van der Waals surface area contributed by atoms with E-state index in [0.717, 1.165) is 36.1 Å². The number of carbonyl (C=O) groups excluding carboxylic acids is 1. The van der Waals surface area contributed by atoms with Gasteiger partial charge in [-0.05, 0) is 80.7 Å². The Kier molecular flexibility index (Phi) is 9.63. The lowest BCUT2D eigenvalue weighted by atomic mass is 10.0. The average molecular weight is 665 g/mol. The van der Waals surface area contributed by atoms with Crippen LogP contribution in [-0.2, 0) is 9.30 Å². The van der Waals surface area contributed by atoms with Crippen molar-refractivity contribution in [3.63, 3.8) is 0 Å². The van der Waals surface area contributed by atoms with Gasteiger partial charge in [0.25, 0.3) is 0 Å². The normalized spacial score (nSPS) is 17.5. The topological polar surface area (TPSA) is 79.9 Å². The highest BCUT2D eigenvalue weighted by molar-refractivity contribution is 9.10. The standard InChI is InChI=1S/C30H36BrFN3O4PS/c1-30(2,3)39-29(36)35-16-14-22(21(32)18-35)34-24-10-7-9-20-27(31)26(41-28(20)24)11-8-15-33-23-13-12-19(40(5,6)37)17-25(23)38-4/h7,9-10,12-13,17,21-22,33-34H,14-16,18H2,1-6H3. The fraction of sp³-hybridized carbons (Fsp3) is 0.433. The van der Waals surface area contributed by atoms with Gasteiger partial charge in [-0.25, -0.2) is 9.18 Å². The van der Waals surface area contributed by atoms with E-state index < -0.39 is 31.0 Å². The molecule has 1 saturated heterocycles. The molecule has 0 saturated carbocycles. The number of alkyl halides is 1. The summed E-state index contributed by atoms with van der Waals surface area (Å²) in [6, 6.07) is 11.0. The van der Waals surface area contributed by atoms with E-state index in [-0.39, 0.29) is 6.54 Å². The van der Waals surface area contributed by atoms with Crippen molar-refractivity contribution in [2.45, 2.75) is 45.0 Å². The summed E-state index contributed by atoms with van der Waals surface area (Å²) in [6.45, 7) is 9.66. The Bertz CT molecular complexity index is 1540. The van der Waals surface area contributed by atoms with E-state index in [2.05, 4.69) is 38.4 Å². The molecule has 0 spiro atoms. The van der Waals surface area contributed by atoms with Gasteiger partial charge in [0.15, 0.2) is 0 Å². The first-order valence-electron chi connectivity index (χ1n) is 13.3. The highest BCUT2D eigenvalue weighted by Gasteiger charge is 2.34. The lowest BCUT2D eigenvalue weighted by molar-refractivity contribution is 0.0125. The van der Waals surface area contributed by atoms with Crippen LogP contribution in [0.4, 0.5) is 20.6 Å². The summed E-state index contributed by atoms with van der Waals surface area (Å²) < 4.78 is 40.3. The van der Waals surface area contributed by atoms with Crippen LogP contribution in [-0.4, -0.2) is 68.9 Å². The summed E-state index contributed by atoms with van der Waals surface area (Å²) >= 11 is 5.24. The lowest BCUT2D eigenvalue weighted by Gasteiger charge is -2.36. The number of carbonyl (C=O) groups is 1. The Labute approximate surface area is 253 Å². The molecule has 1 amide bonds. The molecule has 1 aliphatic rings. The number of thiophene rings is 1. The van der Waals surface area contributed by atoms with Crippen molar-refractivity contribution in [1.82, 2.24) is 4.90 Å². The Morgan fingerprint density at radius 1 is 1.24 bits per heavy atom. The smallest absolute Gasteiger partial charge is 0.410 e. The minimum absolute atomic E-state index is 0.00979. The number of halogens is 2. The number of anilines is 2. The molecule has 0 radical (unpaired) electrons. The third-order valence-corrected chi connectivity index (χ3v) is 10.3. The van der Waals surface area contributed by atoms with Crippen LogP contribution >= 0.6 is 34.4 Å². The second-order valence-electron chi connectivity index (χ2n) is 11.3. The number of piperidine rings is 1. The van der Waals surface area contributed by atoms with Gasteiger partial charge in [-0.2, -0.15) is 0 Å². The second-order valence-corrected chi connectivity index (χ2v) is 16.3. The largest absolute Gasteiger partial charge is 0.495 e. The molecule has 220 valence electrons. The molecular weight excluding hydrogens is 628 g/mol. The molecule has 2 heterocycles. The molecule has 4 rings (SSSR count). The molecular formula is C30H36BrFN3O4PS. The number of nitrogens with one attached hydrogen (secondary N) is 2. The number of likely N-dealkylation sites (tertiary alicyclic amines) is 1. The molecule has 0 aliphatic carbocycles. The van der Waals surface area contributed by atoms with E-state index in [9.17, 15) is 9.36 Å². The summed E-state index contributed by atoms with van der Waals surface area (Å²) in [5.41, 5.74) is 0.998. The number of amides is 1. The third kappa shape index (κ3) is 7.77. The van der Waals surface area contributed by atoms with Crippen LogP contribution in [0, 0.1) is 11.8 Å². The number of methoxy groups -OCH3 is 1. The summed E-state index contributed by atoms with van der Waals surface area (Å²) in [7, 11) is -0.805. The van der Waals surface area contributed by atoms with Crippen LogP contribution in [0.3, 0.4) is 0 Å². The zero-order valence-corrected chi connectivity index (χ0v) is 27.4. The Morgan fingerprint density at radius 3 is 2.66 bits per heavy atom. The number of hydrogen-bond acceptors (Lipinski definition) is 7. The quantitative estimate of drug-likeness (QED) is 0.216.